The molecule has 0 aliphatic carbocycles. The zero-order chi connectivity index (χ0) is 16.8. The van der Waals surface area contributed by atoms with Crippen LogP contribution < -0.4 is 11.5 Å². The highest BCUT2D eigenvalue weighted by Gasteiger charge is 2.14. The SMILES string of the molecule is Nc1cc2cc(Br)ccc2c(-c2cccc3cc(Br)ccc23)c1N. The molecule has 24 heavy (non-hydrogen) atoms. The first-order valence-electron chi connectivity index (χ1n) is 7.50. The summed E-state index contributed by atoms with van der Waals surface area (Å²) in [5.41, 5.74) is 15.9. The molecule has 0 amide bonds. The molecule has 0 saturated heterocycles. The van der Waals surface area contributed by atoms with E-state index in [2.05, 4.69) is 74.3 Å². The van der Waals surface area contributed by atoms with Crippen LogP contribution in [0.5, 0.6) is 0 Å². The maximum Gasteiger partial charge on any atom is 0.0634 e. The van der Waals surface area contributed by atoms with Crippen molar-refractivity contribution in [2.75, 3.05) is 11.5 Å². The Labute approximate surface area is 156 Å². The number of anilines is 2. The van der Waals surface area contributed by atoms with Gasteiger partial charge in [0.05, 0.1) is 11.4 Å². The van der Waals surface area contributed by atoms with Gasteiger partial charge in [-0.3, -0.25) is 0 Å². The summed E-state index contributed by atoms with van der Waals surface area (Å²) in [6.45, 7) is 0. The van der Waals surface area contributed by atoms with Crippen LogP contribution in [-0.4, -0.2) is 0 Å². The van der Waals surface area contributed by atoms with Gasteiger partial charge in [-0.15, -0.1) is 0 Å². The fourth-order valence-electron chi connectivity index (χ4n) is 3.18. The quantitative estimate of drug-likeness (QED) is 0.338. The minimum atomic E-state index is 0.602. The molecule has 0 atom stereocenters. The predicted octanol–water partition coefficient (Wildman–Crippen LogP) is 6.35. The summed E-state index contributed by atoms with van der Waals surface area (Å²) in [6, 6.07) is 20.6. The van der Waals surface area contributed by atoms with Crippen molar-refractivity contribution in [3.05, 3.63) is 69.6 Å². The van der Waals surface area contributed by atoms with Gasteiger partial charge in [0.15, 0.2) is 0 Å². The van der Waals surface area contributed by atoms with Crippen LogP contribution in [0.1, 0.15) is 0 Å². The second kappa shape index (κ2) is 5.80. The number of fused-ring (bicyclic) bond motifs is 2. The van der Waals surface area contributed by atoms with E-state index in [4.69, 9.17) is 11.5 Å². The summed E-state index contributed by atoms with van der Waals surface area (Å²) < 4.78 is 2.08. The van der Waals surface area contributed by atoms with Crippen LogP contribution in [0, 0.1) is 0 Å². The summed E-state index contributed by atoms with van der Waals surface area (Å²) in [4.78, 5) is 0. The maximum atomic E-state index is 6.39. The molecule has 0 radical (unpaired) electrons. The van der Waals surface area contributed by atoms with Crippen molar-refractivity contribution in [2.45, 2.75) is 0 Å². The van der Waals surface area contributed by atoms with E-state index in [-0.39, 0.29) is 0 Å². The molecule has 0 unspecified atom stereocenters. The largest absolute Gasteiger partial charge is 0.397 e. The number of hydrogen-bond acceptors (Lipinski definition) is 2. The number of nitrogen functional groups attached to an aromatic ring is 2. The molecule has 0 fully saturated rings. The highest BCUT2D eigenvalue weighted by Crippen LogP contribution is 2.41. The number of hydrogen-bond donors (Lipinski definition) is 2. The standard InChI is InChI=1S/C20H14Br2N2/c21-13-4-6-15-11(8-13)2-1-3-17(15)19-16-7-5-14(22)9-12(16)10-18(23)20(19)24/h1-10H,23-24H2. The Morgan fingerprint density at radius 2 is 1.33 bits per heavy atom. The lowest BCUT2D eigenvalue weighted by atomic mass is 9.92. The molecule has 4 rings (SSSR count). The van der Waals surface area contributed by atoms with E-state index in [9.17, 15) is 0 Å². The topological polar surface area (TPSA) is 52.0 Å². The fourth-order valence-corrected chi connectivity index (χ4v) is 3.94. The monoisotopic (exact) mass is 440 g/mol. The summed E-state index contributed by atoms with van der Waals surface area (Å²) in [7, 11) is 0. The molecule has 4 heteroatoms. The summed E-state index contributed by atoms with van der Waals surface area (Å²) in [5, 5.41) is 4.48. The molecular weight excluding hydrogens is 428 g/mol. The van der Waals surface area contributed by atoms with E-state index in [0.29, 0.717) is 11.4 Å². The van der Waals surface area contributed by atoms with Crippen LogP contribution in [0.15, 0.2) is 69.6 Å². The van der Waals surface area contributed by atoms with Gasteiger partial charge < -0.3 is 11.5 Å². The third-order valence-corrected chi connectivity index (χ3v) is 5.27. The Bertz CT molecular complexity index is 1100. The lowest BCUT2D eigenvalue weighted by Crippen LogP contribution is -1.99. The van der Waals surface area contributed by atoms with E-state index >= 15 is 0 Å². The Morgan fingerprint density at radius 3 is 2.08 bits per heavy atom. The van der Waals surface area contributed by atoms with Crippen molar-refractivity contribution < 1.29 is 0 Å². The van der Waals surface area contributed by atoms with Gasteiger partial charge in [0.1, 0.15) is 0 Å². The average molecular weight is 442 g/mol. The van der Waals surface area contributed by atoms with Crippen molar-refractivity contribution >= 4 is 64.8 Å². The van der Waals surface area contributed by atoms with Crippen molar-refractivity contribution in [1.82, 2.24) is 0 Å². The van der Waals surface area contributed by atoms with Crippen LogP contribution in [0.4, 0.5) is 11.4 Å². The highest BCUT2D eigenvalue weighted by molar-refractivity contribution is 9.10. The molecule has 4 aromatic carbocycles. The van der Waals surface area contributed by atoms with Crippen LogP contribution in [0.25, 0.3) is 32.7 Å². The normalized spacial score (nSPS) is 11.2. The Morgan fingerprint density at radius 1 is 0.667 bits per heavy atom. The Kier molecular flexibility index (Phi) is 3.74. The summed E-state index contributed by atoms with van der Waals surface area (Å²) in [6.07, 6.45) is 0. The van der Waals surface area contributed by atoms with E-state index in [1.807, 2.05) is 18.2 Å². The zero-order valence-corrected chi connectivity index (χ0v) is 15.9. The Balaban J connectivity index is 2.16. The van der Waals surface area contributed by atoms with Gasteiger partial charge in [0.25, 0.3) is 0 Å². The van der Waals surface area contributed by atoms with E-state index in [1.165, 1.54) is 0 Å². The summed E-state index contributed by atoms with van der Waals surface area (Å²) in [5.74, 6) is 0. The molecule has 4 N–H and O–H groups in total. The summed E-state index contributed by atoms with van der Waals surface area (Å²) >= 11 is 7.06. The van der Waals surface area contributed by atoms with Gasteiger partial charge in [-0.1, -0.05) is 62.2 Å². The first-order valence-corrected chi connectivity index (χ1v) is 9.09. The molecule has 0 aliphatic rings. The van der Waals surface area contributed by atoms with Crippen molar-refractivity contribution in [3.8, 4) is 11.1 Å². The first kappa shape index (κ1) is 15.5. The molecule has 118 valence electrons. The third kappa shape index (κ3) is 2.46. The number of halogens is 2. The lowest BCUT2D eigenvalue weighted by Gasteiger charge is -2.15. The number of benzene rings is 4. The van der Waals surface area contributed by atoms with Gasteiger partial charge in [-0.25, -0.2) is 0 Å². The first-order chi connectivity index (χ1) is 11.5. The highest BCUT2D eigenvalue weighted by atomic mass is 79.9. The van der Waals surface area contributed by atoms with Gasteiger partial charge in [-0.05, 0) is 57.4 Å². The van der Waals surface area contributed by atoms with Crippen LogP contribution in [0.3, 0.4) is 0 Å². The lowest BCUT2D eigenvalue weighted by molar-refractivity contribution is 1.64. The molecule has 0 saturated carbocycles. The van der Waals surface area contributed by atoms with Gasteiger partial charge >= 0.3 is 0 Å². The van der Waals surface area contributed by atoms with Crippen LogP contribution >= 0.6 is 31.9 Å². The van der Waals surface area contributed by atoms with Gasteiger partial charge in [0, 0.05) is 14.5 Å². The van der Waals surface area contributed by atoms with Crippen LogP contribution in [0.2, 0.25) is 0 Å². The van der Waals surface area contributed by atoms with E-state index in [1.54, 1.807) is 0 Å². The average Bonchev–Trinajstić information content (AvgIpc) is 2.55. The second-order valence-electron chi connectivity index (χ2n) is 5.79. The van der Waals surface area contributed by atoms with Crippen molar-refractivity contribution in [1.29, 1.82) is 0 Å². The van der Waals surface area contributed by atoms with Gasteiger partial charge in [0.2, 0.25) is 0 Å². The molecule has 4 aromatic rings. The molecular formula is C20H14Br2N2. The molecule has 0 aliphatic heterocycles. The fraction of sp³-hybridized carbons (Fsp3) is 0. The van der Waals surface area contributed by atoms with Gasteiger partial charge in [-0.2, -0.15) is 0 Å². The van der Waals surface area contributed by atoms with E-state index in [0.717, 1.165) is 41.6 Å². The predicted molar refractivity (Wildman–Crippen MR) is 111 cm³/mol. The smallest absolute Gasteiger partial charge is 0.0634 e. The van der Waals surface area contributed by atoms with Crippen LogP contribution in [-0.2, 0) is 0 Å². The van der Waals surface area contributed by atoms with Crippen molar-refractivity contribution in [2.24, 2.45) is 0 Å². The third-order valence-electron chi connectivity index (χ3n) is 4.29. The molecule has 0 bridgehead atoms. The number of nitrogens with two attached hydrogens (primary N) is 2. The van der Waals surface area contributed by atoms with E-state index < -0.39 is 0 Å². The van der Waals surface area contributed by atoms with Crippen molar-refractivity contribution in [3.63, 3.8) is 0 Å². The molecule has 0 aromatic heterocycles. The zero-order valence-electron chi connectivity index (χ0n) is 12.7. The molecule has 0 heterocycles. The minimum Gasteiger partial charge on any atom is -0.397 e. The molecule has 0 spiro atoms. The second-order valence-corrected chi connectivity index (χ2v) is 7.62. The molecule has 2 nitrogen and oxygen atoms in total. The minimum absolute atomic E-state index is 0.602. The maximum absolute atomic E-state index is 6.39. The number of rotatable bonds is 1. The Hall–Kier alpha value is -2.04.